The Morgan fingerprint density at radius 3 is 2.63 bits per heavy atom. The molecule has 1 amide bonds. The molecule has 1 fully saturated rings. The zero-order valence-corrected chi connectivity index (χ0v) is 16.2. The molecule has 1 aliphatic rings. The van der Waals surface area contributed by atoms with E-state index in [2.05, 4.69) is 25.3 Å². The number of hydrogen-bond acceptors (Lipinski definition) is 7. The van der Waals surface area contributed by atoms with Crippen molar-refractivity contribution in [3.63, 3.8) is 0 Å². The normalized spacial score (nSPS) is 18.1. The molecule has 8 nitrogen and oxygen atoms in total. The maximum absolute atomic E-state index is 14.5. The molecule has 30 heavy (non-hydrogen) atoms. The van der Waals surface area contributed by atoms with Crippen molar-refractivity contribution in [1.29, 1.82) is 5.26 Å². The lowest BCUT2D eigenvalue weighted by molar-refractivity contribution is 0.102. The summed E-state index contributed by atoms with van der Waals surface area (Å²) < 4.78 is 14.5. The van der Waals surface area contributed by atoms with E-state index in [1.807, 2.05) is 23.1 Å². The van der Waals surface area contributed by atoms with Crippen molar-refractivity contribution >= 4 is 17.4 Å². The Hall–Kier alpha value is -3.93. The molecule has 0 bridgehead atoms. The van der Waals surface area contributed by atoms with Gasteiger partial charge in [-0.15, -0.1) is 0 Å². The standard InChI is InChI=1S/C21H18FN7O/c1-21(22)6-9-29(13-21)19-18(15(5-8-25-19)16-4-2-3-7-24-16)28-20(30)14-11-26-17(10-23)27-12-14/h2-5,7-8,11-12H,6,9,13H2,1H3,(H,28,30). The number of amides is 1. The second-order valence-corrected chi connectivity index (χ2v) is 7.22. The van der Waals surface area contributed by atoms with Gasteiger partial charge in [-0.1, -0.05) is 6.07 Å². The van der Waals surface area contributed by atoms with Crippen molar-refractivity contribution in [3.8, 4) is 17.3 Å². The minimum absolute atomic E-state index is 0.0258. The SMILES string of the molecule is CC1(F)CCN(c2nccc(-c3ccccn3)c2NC(=O)c2cnc(C#N)nc2)C1. The second kappa shape index (κ2) is 7.83. The van der Waals surface area contributed by atoms with Gasteiger partial charge in [0.2, 0.25) is 5.82 Å². The quantitative estimate of drug-likeness (QED) is 0.713. The van der Waals surface area contributed by atoms with Crippen LogP contribution in [0.3, 0.4) is 0 Å². The number of pyridine rings is 2. The number of anilines is 2. The number of nitrogens with one attached hydrogen (secondary N) is 1. The number of halogens is 1. The third-order valence-corrected chi connectivity index (χ3v) is 4.85. The first-order valence-corrected chi connectivity index (χ1v) is 9.35. The molecule has 4 heterocycles. The summed E-state index contributed by atoms with van der Waals surface area (Å²) in [7, 11) is 0. The summed E-state index contributed by atoms with van der Waals surface area (Å²) in [4.78, 5) is 31.2. The van der Waals surface area contributed by atoms with Gasteiger partial charge in [0.1, 0.15) is 11.7 Å². The number of carbonyl (C=O) groups excluding carboxylic acids is 1. The van der Waals surface area contributed by atoms with Crippen molar-refractivity contribution in [3.05, 3.63) is 60.4 Å². The fraction of sp³-hybridized carbons (Fsp3) is 0.238. The van der Waals surface area contributed by atoms with Crippen LogP contribution in [0.15, 0.2) is 49.1 Å². The molecule has 3 aromatic heterocycles. The van der Waals surface area contributed by atoms with Gasteiger partial charge in [-0.3, -0.25) is 9.78 Å². The summed E-state index contributed by atoms with van der Waals surface area (Å²) in [5.74, 6) is -0.0161. The van der Waals surface area contributed by atoms with E-state index in [0.717, 1.165) is 0 Å². The second-order valence-electron chi connectivity index (χ2n) is 7.22. The van der Waals surface area contributed by atoms with Gasteiger partial charge in [0.25, 0.3) is 5.91 Å². The molecule has 4 rings (SSSR count). The number of nitriles is 1. The average molecular weight is 403 g/mol. The van der Waals surface area contributed by atoms with Crippen LogP contribution in [0.2, 0.25) is 0 Å². The van der Waals surface area contributed by atoms with Crippen molar-refractivity contribution in [2.75, 3.05) is 23.3 Å². The molecule has 0 spiro atoms. The maximum Gasteiger partial charge on any atom is 0.258 e. The lowest BCUT2D eigenvalue weighted by atomic mass is 10.1. The van der Waals surface area contributed by atoms with Gasteiger partial charge < -0.3 is 10.2 Å². The van der Waals surface area contributed by atoms with Gasteiger partial charge in [-0.25, -0.2) is 19.3 Å². The lowest BCUT2D eigenvalue weighted by Gasteiger charge is -2.23. The monoisotopic (exact) mass is 403 g/mol. The molecule has 0 radical (unpaired) electrons. The van der Waals surface area contributed by atoms with Gasteiger partial charge in [0.15, 0.2) is 5.82 Å². The zero-order chi connectivity index (χ0) is 21.1. The van der Waals surface area contributed by atoms with Gasteiger partial charge in [-0.05, 0) is 25.1 Å². The Kier molecular flexibility index (Phi) is 5.06. The number of rotatable bonds is 4. The van der Waals surface area contributed by atoms with Crippen LogP contribution in [-0.4, -0.2) is 44.6 Å². The van der Waals surface area contributed by atoms with Crippen molar-refractivity contribution < 1.29 is 9.18 Å². The smallest absolute Gasteiger partial charge is 0.258 e. The molecule has 1 saturated heterocycles. The minimum Gasteiger partial charge on any atom is -0.352 e. The molecule has 9 heteroatoms. The average Bonchev–Trinajstić information content (AvgIpc) is 3.14. The van der Waals surface area contributed by atoms with E-state index in [1.54, 1.807) is 31.5 Å². The van der Waals surface area contributed by atoms with Crippen molar-refractivity contribution in [1.82, 2.24) is 19.9 Å². The Labute approximate surface area is 172 Å². The molecule has 0 aromatic carbocycles. The molecule has 1 atom stereocenters. The predicted molar refractivity (Wildman–Crippen MR) is 109 cm³/mol. The highest BCUT2D eigenvalue weighted by Gasteiger charge is 2.35. The third kappa shape index (κ3) is 3.93. The number of nitrogens with zero attached hydrogens (tertiary/aromatic N) is 6. The fourth-order valence-electron chi connectivity index (χ4n) is 3.34. The minimum atomic E-state index is -1.33. The van der Waals surface area contributed by atoms with Crippen LogP contribution in [0.4, 0.5) is 15.9 Å². The Morgan fingerprint density at radius 2 is 2.00 bits per heavy atom. The largest absolute Gasteiger partial charge is 0.352 e. The fourth-order valence-corrected chi connectivity index (χ4v) is 3.34. The molecule has 0 aliphatic carbocycles. The Bertz CT molecular complexity index is 1110. The molecule has 0 saturated carbocycles. The van der Waals surface area contributed by atoms with E-state index < -0.39 is 11.6 Å². The molecule has 1 aliphatic heterocycles. The molecule has 150 valence electrons. The van der Waals surface area contributed by atoms with E-state index >= 15 is 0 Å². The molecular formula is C21H18FN7O. The highest BCUT2D eigenvalue weighted by atomic mass is 19.1. The van der Waals surface area contributed by atoms with Gasteiger partial charge in [0.05, 0.1) is 23.5 Å². The number of aromatic nitrogens is 4. The van der Waals surface area contributed by atoms with Crippen LogP contribution in [0.5, 0.6) is 0 Å². The van der Waals surface area contributed by atoms with Crippen LogP contribution in [0.25, 0.3) is 11.3 Å². The molecular weight excluding hydrogens is 385 g/mol. The van der Waals surface area contributed by atoms with Crippen LogP contribution >= 0.6 is 0 Å². The van der Waals surface area contributed by atoms with E-state index in [-0.39, 0.29) is 17.9 Å². The first-order valence-electron chi connectivity index (χ1n) is 9.35. The highest BCUT2D eigenvalue weighted by Crippen LogP contribution is 2.37. The van der Waals surface area contributed by atoms with Crippen LogP contribution in [0, 0.1) is 11.3 Å². The van der Waals surface area contributed by atoms with Gasteiger partial charge >= 0.3 is 0 Å². The molecule has 1 unspecified atom stereocenters. The number of hydrogen-bond donors (Lipinski definition) is 1. The summed E-state index contributed by atoms with van der Waals surface area (Å²) in [5.41, 5.74) is 0.603. The summed E-state index contributed by atoms with van der Waals surface area (Å²) in [6, 6.07) is 9.03. The lowest BCUT2D eigenvalue weighted by Crippen LogP contribution is -2.28. The van der Waals surface area contributed by atoms with Crippen LogP contribution < -0.4 is 10.2 Å². The third-order valence-electron chi connectivity index (χ3n) is 4.85. The summed E-state index contributed by atoms with van der Waals surface area (Å²) >= 11 is 0. The zero-order valence-electron chi connectivity index (χ0n) is 16.2. The predicted octanol–water partition coefficient (Wildman–Crippen LogP) is 3.00. The summed E-state index contributed by atoms with van der Waals surface area (Å²) in [6.45, 7) is 2.21. The van der Waals surface area contributed by atoms with Crippen molar-refractivity contribution in [2.45, 2.75) is 19.0 Å². The van der Waals surface area contributed by atoms with Crippen molar-refractivity contribution in [2.24, 2.45) is 0 Å². The van der Waals surface area contributed by atoms with Crippen LogP contribution in [0.1, 0.15) is 29.5 Å². The summed E-state index contributed by atoms with van der Waals surface area (Å²) in [5, 5.41) is 11.7. The Morgan fingerprint density at radius 1 is 1.20 bits per heavy atom. The van der Waals surface area contributed by atoms with E-state index in [1.165, 1.54) is 12.4 Å². The molecule has 1 N–H and O–H groups in total. The van der Waals surface area contributed by atoms with Gasteiger partial charge in [0, 0.05) is 43.3 Å². The Balaban J connectivity index is 1.75. The number of carbonyl (C=O) groups is 1. The number of alkyl halides is 1. The van der Waals surface area contributed by atoms with E-state index in [0.29, 0.717) is 35.7 Å². The first-order chi connectivity index (χ1) is 14.5. The molecule has 3 aromatic rings. The van der Waals surface area contributed by atoms with E-state index in [9.17, 15) is 9.18 Å². The van der Waals surface area contributed by atoms with Crippen LogP contribution in [-0.2, 0) is 0 Å². The van der Waals surface area contributed by atoms with E-state index in [4.69, 9.17) is 5.26 Å². The topological polar surface area (TPSA) is 108 Å². The first kappa shape index (κ1) is 19.4. The van der Waals surface area contributed by atoms with Gasteiger partial charge in [-0.2, -0.15) is 5.26 Å². The highest BCUT2D eigenvalue weighted by molar-refractivity contribution is 6.07. The maximum atomic E-state index is 14.5. The summed E-state index contributed by atoms with van der Waals surface area (Å²) in [6.07, 6.45) is 6.22.